The SMILES string of the molecule is CC(=O)NC1=N[C@@H]2CS(=O)(=O)C[C@@H]2S1. The van der Waals surface area contributed by atoms with Gasteiger partial charge in [-0.2, -0.15) is 0 Å². The van der Waals surface area contributed by atoms with Gasteiger partial charge >= 0.3 is 0 Å². The molecule has 2 aliphatic rings. The van der Waals surface area contributed by atoms with Gasteiger partial charge in [0.15, 0.2) is 15.0 Å². The molecule has 7 heteroatoms. The molecule has 0 unspecified atom stereocenters. The van der Waals surface area contributed by atoms with Crippen molar-refractivity contribution in [2.24, 2.45) is 4.99 Å². The van der Waals surface area contributed by atoms with Gasteiger partial charge < -0.3 is 5.32 Å². The number of amides is 1. The van der Waals surface area contributed by atoms with Gasteiger partial charge in [-0.3, -0.25) is 9.79 Å². The fourth-order valence-corrected chi connectivity index (χ4v) is 5.27. The summed E-state index contributed by atoms with van der Waals surface area (Å²) in [5, 5.41) is 3.14. The standard InChI is InChI=1S/C7H10N2O3S2/c1-4(10)8-7-9-5-2-14(11,12)3-6(5)13-7/h5-6H,2-3H2,1H3,(H,8,9,10)/t5-,6+/m1/s1. The van der Waals surface area contributed by atoms with E-state index in [1.54, 1.807) is 0 Å². The lowest BCUT2D eigenvalue weighted by molar-refractivity contribution is -0.117. The molecule has 1 fully saturated rings. The van der Waals surface area contributed by atoms with Gasteiger partial charge in [-0.1, -0.05) is 11.8 Å². The van der Waals surface area contributed by atoms with Crippen LogP contribution in [0, 0.1) is 0 Å². The van der Waals surface area contributed by atoms with Gasteiger partial charge in [0.2, 0.25) is 5.91 Å². The maximum absolute atomic E-state index is 11.2. The number of aliphatic imine (C=N–C) groups is 1. The maximum atomic E-state index is 11.2. The molecule has 0 radical (unpaired) electrons. The molecule has 0 spiro atoms. The summed E-state index contributed by atoms with van der Waals surface area (Å²) in [6, 6.07) is -0.160. The van der Waals surface area contributed by atoms with Crippen molar-refractivity contribution in [3.63, 3.8) is 0 Å². The van der Waals surface area contributed by atoms with Crippen molar-refractivity contribution >= 4 is 32.7 Å². The third kappa shape index (κ3) is 1.93. The third-order valence-electron chi connectivity index (χ3n) is 2.10. The number of sulfone groups is 1. The molecule has 1 amide bonds. The molecule has 1 N–H and O–H groups in total. The van der Waals surface area contributed by atoms with Crippen LogP contribution in [0.3, 0.4) is 0 Å². The van der Waals surface area contributed by atoms with Crippen molar-refractivity contribution in [1.82, 2.24) is 5.32 Å². The van der Waals surface area contributed by atoms with E-state index >= 15 is 0 Å². The van der Waals surface area contributed by atoms with Crippen molar-refractivity contribution in [2.45, 2.75) is 18.2 Å². The van der Waals surface area contributed by atoms with E-state index in [2.05, 4.69) is 10.3 Å². The molecule has 0 aromatic heterocycles. The minimum Gasteiger partial charge on any atom is -0.306 e. The average Bonchev–Trinajstić information content (AvgIpc) is 2.38. The zero-order chi connectivity index (χ0) is 10.3. The number of rotatable bonds is 0. The molecule has 2 atom stereocenters. The van der Waals surface area contributed by atoms with Gasteiger partial charge in [0.1, 0.15) is 0 Å². The molecular weight excluding hydrogens is 224 g/mol. The molecule has 2 heterocycles. The highest BCUT2D eigenvalue weighted by molar-refractivity contribution is 8.15. The van der Waals surface area contributed by atoms with Crippen LogP contribution in [0.2, 0.25) is 0 Å². The van der Waals surface area contributed by atoms with E-state index in [1.165, 1.54) is 18.7 Å². The average molecular weight is 234 g/mol. The molecule has 14 heavy (non-hydrogen) atoms. The summed E-state index contributed by atoms with van der Waals surface area (Å²) in [6.45, 7) is 1.41. The summed E-state index contributed by atoms with van der Waals surface area (Å²) >= 11 is 1.35. The van der Waals surface area contributed by atoms with Crippen molar-refractivity contribution in [3.8, 4) is 0 Å². The molecule has 0 bridgehead atoms. The van der Waals surface area contributed by atoms with E-state index in [1.807, 2.05) is 0 Å². The Hall–Kier alpha value is -0.560. The summed E-state index contributed by atoms with van der Waals surface area (Å²) in [5.74, 6) is 0.127. The van der Waals surface area contributed by atoms with E-state index in [-0.39, 0.29) is 28.7 Å². The van der Waals surface area contributed by atoms with Crippen LogP contribution in [0.25, 0.3) is 0 Å². The number of fused-ring (bicyclic) bond motifs is 1. The lowest BCUT2D eigenvalue weighted by Crippen LogP contribution is -2.25. The van der Waals surface area contributed by atoms with Crippen LogP contribution < -0.4 is 5.32 Å². The van der Waals surface area contributed by atoms with Gasteiger partial charge in [-0.05, 0) is 0 Å². The lowest BCUT2D eigenvalue weighted by Gasteiger charge is -2.02. The second-order valence-corrected chi connectivity index (χ2v) is 6.80. The zero-order valence-corrected chi connectivity index (χ0v) is 9.19. The minimum atomic E-state index is -2.90. The van der Waals surface area contributed by atoms with Crippen molar-refractivity contribution in [2.75, 3.05) is 11.5 Å². The zero-order valence-electron chi connectivity index (χ0n) is 7.56. The van der Waals surface area contributed by atoms with E-state index in [4.69, 9.17) is 0 Å². The Kier molecular flexibility index (Phi) is 2.30. The first kappa shape index (κ1) is 9.97. The molecule has 1 saturated heterocycles. The Morgan fingerprint density at radius 1 is 1.57 bits per heavy atom. The fourth-order valence-electron chi connectivity index (χ4n) is 1.57. The first-order valence-electron chi connectivity index (χ1n) is 4.19. The summed E-state index contributed by atoms with van der Waals surface area (Å²) < 4.78 is 22.4. The van der Waals surface area contributed by atoms with Crippen LogP contribution in [-0.2, 0) is 14.6 Å². The minimum absolute atomic E-state index is 0.00171. The van der Waals surface area contributed by atoms with E-state index in [0.717, 1.165) is 0 Å². The first-order valence-corrected chi connectivity index (χ1v) is 6.89. The van der Waals surface area contributed by atoms with Gasteiger partial charge in [0, 0.05) is 12.2 Å². The van der Waals surface area contributed by atoms with Crippen LogP contribution in [0.15, 0.2) is 4.99 Å². The van der Waals surface area contributed by atoms with Gasteiger partial charge in [-0.25, -0.2) is 8.42 Å². The number of thioether (sulfide) groups is 1. The van der Waals surface area contributed by atoms with Crippen molar-refractivity contribution in [1.29, 1.82) is 0 Å². The number of carbonyl (C=O) groups is 1. The monoisotopic (exact) mass is 234 g/mol. The highest BCUT2D eigenvalue weighted by Crippen LogP contribution is 2.33. The molecule has 0 aromatic rings. The van der Waals surface area contributed by atoms with Crippen molar-refractivity contribution in [3.05, 3.63) is 0 Å². The molecule has 2 aliphatic heterocycles. The summed E-state index contributed by atoms with van der Waals surface area (Å²) in [4.78, 5) is 14.9. The predicted molar refractivity (Wildman–Crippen MR) is 55.1 cm³/mol. The highest BCUT2D eigenvalue weighted by Gasteiger charge is 2.42. The quantitative estimate of drug-likeness (QED) is 0.607. The first-order chi connectivity index (χ1) is 6.46. The van der Waals surface area contributed by atoms with Crippen LogP contribution in [0.5, 0.6) is 0 Å². The number of carbonyl (C=O) groups excluding carboxylic acids is 1. The summed E-state index contributed by atoms with van der Waals surface area (Å²) in [7, 11) is -2.90. The Morgan fingerprint density at radius 2 is 2.29 bits per heavy atom. The van der Waals surface area contributed by atoms with Gasteiger partial charge in [0.25, 0.3) is 0 Å². The Morgan fingerprint density at radius 3 is 2.86 bits per heavy atom. The second-order valence-electron chi connectivity index (χ2n) is 3.42. The largest absolute Gasteiger partial charge is 0.306 e. The van der Waals surface area contributed by atoms with Crippen molar-refractivity contribution < 1.29 is 13.2 Å². The normalized spacial score (nSPS) is 33.6. The smallest absolute Gasteiger partial charge is 0.222 e. The molecule has 0 saturated carbocycles. The second kappa shape index (κ2) is 3.23. The van der Waals surface area contributed by atoms with E-state index in [0.29, 0.717) is 5.17 Å². The lowest BCUT2D eigenvalue weighted by atomic mass is 10.3. The van der Waals surface area contributed by atoms with E-state index < -0.39 is 9.84 Å². The fraction of sp³-hybridized carbons (Fsp3) is 0.714. The van der Waals surface area contributed by atoms with Crippen LogP contribution in [-0.4, -0.2) is 42.3 Å². The van der Waals surface area contributed by atoms with Crippen LogP contribution >= 0.6 is 11.8 Å². The topological polar surface area (TPSA) is 75.6 Å². The molecular formula is C7H10N2O3S2. The summed E-state index contributed by atoms with van der Waals surface area (Å²) in [5.41, 5.74) is 0. The number of hydrogen-bond acceptors (Lipinski definition) is 5. The number of hydrogen-bond donors (Lipinski definition) is 1. The van der Waals surface area contributed by atoms with Crippen LogP contribution in [0.1, 0.15) is 6.92 Å². The predicted octanol–water partition coefficient (Wildman–Crippen LogP) is -0.609. The number of nitrogens with one attached hydrogen (secondary N) is 1. The Labute approximate surface area is 86.3 Å². The summed E-state index contributed by atoms with van der Waals surface area (Å²) in [6.07, 6.45) is 0. The van der Waals surface area contributed by atoms with Gasteiger partial charge in [0.05, 0.1) is 17.5 Å². The number of nitrogens with zero attached hydrogens (tertiary/aromatic N) is 1. The highest BCUT2D eigenvalue weighted by atomic mass is 32.2. The molecule has 0 aliphatic carbocycles. The maximum Gasteiger partial charge on any atom is 0.222 e. The van der Waals surface area contributed by atoms with Crippen LogP contribution in [0.4, 0.5) is 0 Å². The van der Waals surface area contributed by atoms with Gasteiger partial charge in [-0.15, -0.1) is 0 Å². The molecule has 2 rings (SSSR count). The van der Waals surface area contributed by atoms with E-state index in [9.17, 15) is 13.2 Å². The Bertz CT molecular complexity index is 401. The number of amidine groups is 1. The Balaban J connectivity index is 2.08. The third-order valence-corrected chi connectivity index (χ3v) is 5.24. The molecule has 5 nitrogen and oxygen atoms in total. The molecule has 78 valence electrons. The molecule has 0 aromatic carbocycles.